The molecule has 0 bridgehead atoms. The average Bonchev–Trinajstić information content (AvgIpc) is 0.794. The molecule has 4 fully saturated rings. The molecule has 47 nitrogen and oxygen atoms in total. The number of esters is 9. The molecule has 8 amide bonds. The molecule has 18 atom stereocenters. The Bertz CT molecular complexity index is 3690. The van der Waals surface area contributed by atoms with Crippen LogP contribution >= 0.6 is 8.53 Å². The van der Waals surface area contributed by atoms with Crippen molar-refractivity contribution in [2.45, 2.75) is 297 Å². The molecule has 730 valence electrons. The van der Waals surface area contributed by atoms with Gasteiger partial charge in [0, 0.05) is 140 Å². The Balaban J connectivity index is 1.56. The summed E-state index contributed by atoms with van der Waals surface area (Å²) in [4.78, 5) is 218. The summed E-state index contributed by atoms with van der Waals surface area (Å²) < 4.78 is 117. The van der Waals surface area contributed by atoms with Crippen LogP contribution in [-0.2, 0) is 176 Å². The van der Waals surface area contributed by atoms with Gasteiger partial charge >= 0.3 is 53.7 Å². The number of carbonyl (C=O) groups excluding carboxylic acids is 17. The molecule has 4 rings (SSSR count). The molecular formula is C81H129N10O37P. The number of unbranched alkanes of at least 4 members (excludes halogenated alkanes) is 1. The summed E-state index contributed by atoms with van der Waals surface area (Å²) in [6.07, 6.45) is -15.9. The molecule has 8 N–H and O–H groups in total. The minimum absolute atomic E-state index is 0.0340. The summed E-state index contributed by atoms with van der Waals surface area (Å²) in [5, 5.41) is 30.5. The van der Waals surface area contributed by atoms with Gasteiger partial charge in [0.1, 0.15) is 68.3 Å². The summed E-state index contributed by atoms with van der Waals surface area (Å²) in [5.41, 5.74) is 0. The van der Waals surface area contributed by atoms with Crippen LogP contribution in [0.4, 0.5) is 0 Å². The van der Waals surface area contributed by atoms with Gasteiger partial charge in [-0.25, -0.2) is 4.67 Å². The van der Waals surface area contributed by atoms with Gasteiger partial charge in [-0.2, -0.15) is 5.26 Å². The molecule has 4 aliphatic rings. The quantitative estimate of drug-likeness (QED) is 0.0159. The monoisotopic (exact) mass is 1860 g/mol. The van der Waals surface area contributed by atoms with E-state index in [0.29, 0.717) is 45.1 Å². The van der Waals surface area contributed by atoms with Crippen molar-refractivity contribution in [3.05, 3.63) is 0 Å². The van der Waals surface area contributed by atoms with Gasteiger partial charge in [0.25, 0.3) is 8.53 Å². The Morgan fingerprint density at radius 3 is 1.06 bits per heavy atom. The second kappa shape index (κ2) is 59.7. The summed E-state index contributed by atoms with van der Waals surface area (Å²) in [6, 6.07) is -4.49. The highest BCUT2D eigenvalue weighted by molar-refractivity contribution is 7.44. The van der Waals surface area contributed by atoms with E-state index in [-0.39, 0.29) is 117 Å². The first-order valence-corrected chi connectivity index (χ1v) is 43.7. The molecule has 18 unspecified atom stereocenters. The zero-order chi connectivity index (χ0) is 96.0. The van der Waals surface area contributed by atoms with Crippen molar-refractivity contribution in [3.63, 3.8) is 0 Å². The average molecular weight is 1870 g/mol. The van der Waals surface area contributed by atoms with Crippen LogP contribution in [-0.4, -0.2) is 333 Å². The Kier molecular flexibility index (Phi) is 51.7. The van der Waals surface area contributed by atoms with Crippen LogP contribution in [0.25, 0.3) is 0 Å². The molecule has 0 spiro atoms. The minimum atomic E-state index is -1.58. The zero-order valence-corrected chi connectivity index (χ0v) is 76.9. The predicted molar refractivity (Wildman–Crippen MR) is 440 cm³/mol. The first kappa shape index (κ1) is 112. The first-order valence-electron chi connectivity index (χ1n) is 42.6. The molecule has 1 aliphatic carbocycles. The van der Waals surface area contributed by atoms with Crippen LogP contribution in [0.15, 0.2) is 0 Å². The first-order chi connectivity index (χ1) is 61.1. The Hall–Kier alpha value is -9.57. The minimum Gasteiger partial charge on any atom is -0.463 e. The topological polar surface area (TPSA) is 598 Å². The van der Waals surface area contributed by atoms with E-state index < -0.39 is 246 Å². The lowest BCUT2D eigenvalue weighted by Crippen LogP contribution is -2.66. The van der Waals surface area contributed by atoms with E-state index in [1.807, 2.05) is 27.7 Å². The van der Waals surface area contributed by atoms with E-state index in [4.69, 9.17) is 94.3 Å². The lowest BCUT2D eigenvalue weighted by Gasteiger charge is -2.44. The molecule has 0 aromatic rings. The van der Waals surface area contributed by atoms with Crippen molar-refractivity contribution in [3.8, 4) is 6.07 Å². The molecular weight excluding hydrogens is 1740 g/mol. The van der Waals surface area contributed by atoms with Crippen molar-refractivity contribution in [1.29, 1.82) is 5.26 Å². The molecule has 3 aliphatic heterocycles. The van der Waals surface area contributed by atoms with Crippen LogP contribution in [0.5, 0.6) is 0 Å². The van der Waals surface area contributed by atoms with E-state index in [9.17, 15) is 86.8 Å². The second-order valence-electron chi connectivity index (χ2n) is 30.8. The lowest BCUT2D eigenvalue weighted by molar-refractivity contribution is -0.279. The maximum absolute atomic E-state index is 14.4. The van der Waals surface area contributed by atoms with Gasteiger partial charge in [0.15, 0.2) is 55.5 Å². The number of rotatable bonds is 56. The van der Waals surface area contributed by atoms with E-state index in [0.717, 1.165) is 69.2 Å². The molecule has 3 saturated heterocycles. The highest BCUT2D eigenvalue weighted by atomic mass is 31.2. The summed E-state index contributed by atoms with van der Waals surface area (Å²) in [6.45, 7) is 17.9. The fourth-order valence-electron chi connectivity index (χ4n) is 14.0. The Morgan fingerprint density at radius 2 is 0.736 bits per heavy atom. The third-order valence-electron chi connectivity index (χ3n) is 19.2. The normalized spacial score (nSPS) is 24.3. The zero-order valence-electron chi connectivity index (χ0n) is 76.0. The molecule has 0 aromatic heterocycles. The molecule has 3 heterocycles. The SMILES string of the molecule is CC(=O)NC1C(OCCOCCNC(=O)CCC(NC(=O)CCC(NC(=O)C2CCC(OP(OCCCC#N)N(C(C)C)C(C)C)CC2)C(=O)NCCOCCOC2OC(COC(C)=O)C(OC(C)=O)C(OC(C)=O)C2NC(C)=O)C(=O)NCCOCCOC2OC(COC(C)=O)C(OC(C)=O)C(OC(C)=O)C2NC(C)=O)OC(COC(C)=O)C(OC(C)=O)C1OC(C)=O. The summed E-state index contributed by atoms with van der Waals surface area (Å²) in [5.74, 6) is -13.0. The number of hydrogen-bond acceptors (Lipinski definition) is 39. The highest BCUT2D eigenvalue weighted by Crippen LogP contribution is 2.49. The van der Waals surface area contributed by atoms with Crippen LogP contribution in [0, 0.1) is 17.2 Å². The van der Waals surface area contributed by atoms with Gasteiger partial charge in [-0.1, -0.05) is 0 Å². The van der Waals surface area contributed by atoms with Gasteiger partial charge in [-0.15, -0.1) is 0 Å². The smallest absolute Gasteiger partial charge is 0.303 e. The fourth-order valence-corrected chi connectivity index (χ4v) is 15.8. The van der Waals surface area contributed by atoms with Gasteiger partial charge in [0.05, 0.1) is 78.2 Å². The van der Waals surface area contributed by atoms with Gasteiger partial charge in [-0.3, -0.25) is 81.5 Å². The summed E-state index contributed by atoms with van der Waals surface area (Å²) >= 11 is 0. The van der Waals surface area contributed by atoms with E-state index in [2.05, 4.69) is 53.3 Å². The van der Waals surface area contributed by atoms with Crippen molar-refractivity contribution in [1.82, 2.24) is 47.2 Å². The van der Waals surface area contributed by atoms with Crippen molar-refractivity contribution in [2.75, 3.05) is 106 Å². The number of hydrogen-bond donors (Lipinski definition) is 8. The largest absolute Gasteiger partial charge is 0.463 e. The third kappa shape index (κ3) is 42.9. The molecule has 48 heteroatoms. The number of ether oxygens (including phenoxy) is 18. The van der Waals surface area contributed by atoms with E-state index in [1.54, 1.807) is 0 Å². The highest BCUT2D eigenvalue weighted by Gasteiger charge is 2.55. The maximum Gasteiger partial charge on any atom is 0.303 e. The number of carbonyl (C=O) groups is 17. The van der Waals surface area contributed by atoms with Crippen molar-refractivity contribution < 1.29 is 176 Å². The fraction of sp³-hybridized carbons (Fsp3) is 0.778. The van der Waals surface area contributed by atoms with Crippen LogP contribution in [0.3, 0.4) is 0 Å². The van der Waals surface area contributed by atoms with Gasteiger partial charge < -0.3 is 137 Å². The van der Waals surface area contributed by atoms with Crippen LogP contribution in [0.1, 0.15) is 175 Å². The van der Waals surface area contributed by atoms with Crippen LogP contribution < -0.4 is 42.5 Å². The van der Waals surface area contributed by atoms with Crippen molar-refractivity contribution >= 4 is 110 Å². The van der Waals surface area contributed by atoms with Gasteiger partial charge in [-0.05, 0) is 72.6 Å². The Labute approximate surface area is 749 Å². The number of nitrogens with zero attached hydrogens (tertiary/aromatic N) is 2. The molecule has 0 radical (unpaired) electrons. The maximum atomic E-state index is 14.4. The van der Waals surface area contributed by atoms with E-state index >= 15 is 0 Å². The number of nitriles is 1. The third-order valence-corrected chi connectivity index (χ3v) is 21.4. The molecule has 129 heavy (non-hydrogen) atoms. The summed E-state index contributed by atoms with van der Waals surface area (Å²) in [7, 11) is -1.58. The van der Waals surface area contributed by atoms with Gasteiger partial charge in [0.2, 0.25) is 47.3 Å². The second-order valence-corrected chi connectivity index (χ2v) is 32.2. The molecule has 1 saturated carbocycles. The number of nitrogens with one attached hydrogen (secondary N) is 8. The van der Waals surface area contributed by atoms with Crippen molar-refractivity contribution in [2.24, 2.45) is 5.92 Å². The van der Waals surface area contributed by atoms with E-state index in [1.165, 1.54) is 13.8 Å². The van der Waals surface area contributed by atoms with Crippen LogP contribution in [0.2, 0.25) is 0 Å². The number of amides is 8. The standard InChI is InChI=1S/C81H129N10O37P/c1-44(2)91(45(3)4)129(118-31-18-17-27-82)128-59-21-19-58(20-22-59)76(106)90-61(78(108)85-30-34-111-37-40-114-81-69(88-48(7)94)75(124-57(16)103)72(121-54(13)100)64(127-81)43-117-51(10)97)24-26-66(105)89-60(77(107)84-29-33-110-36-39-113-80-68(87-47(6)93)74(123-56(15)102)71(120-53(12)99)63(126-80)42-116-50(9)96)23-25-65(104)83-28-32-109-35-38-112-79-67(86-46(5)92)73(122-55(14)101)70(119-52(11)98)62(125-79)41-115-49(8)95/h44-45,58-64,67-75,79-81H,17-26,28-43H2,1-16H3,(H,83,104)(H,84,107)(H,85,108)(H,86,92)(H,87,93)(H,88,94)(H,89,105)(H,90,106). The lowest BCUT2D eigenvalue weighted by atomic mass is 9.86. The predicted octanol–water partition coefficient (Wildman–Crippen LogP) is -0.826. The Morgan fingerprint density at radius 1 is 0.403 bits per heavy atom. The molecule has 0 aromatic carbocycles.